The number of nitrogens with one attached hydrogen (secondary N) is 2. The van der Waals surface area contributed by atoms with Crippen molar-refractivity contribution in [2.75, 3.05) is 13.1 Å². The summed E-state index contributed by atoms with van der Waals surface area (Å²) in [4.78, 5) is 22.4. The third kappa shape index (κ3) is 1.76. The van der Waals surface area contributed by atoms with Gasteiger partial charge in [-0.3, -0.25) is 0 Å². The average Bonchev–Trinajstić information content (AvgIpc) is 2.86. The Hall–Kier alpha value is -2.21. The molecule has 3 rings (SSSR count). The molecule has 0 unspecified atom stereocenters. The summed E-state index contributed by atoms with van der Waals surface area (Å²) in [5.41, 5.74) is 3.10. The fourth-order valence-electron chi connectivity index (χ4n) is 2.10. The number of hydrogen-bond donors (Lipinski definition) is 3. The van der Waals surface area contributed by atoms with Gasteiger partial charge in [0, 0.05) is 6.54 Å². The first-order valence-corrected chi connectivity index (χ1v) is 5.73. The van der Waals surface area contributed by atoms with E-state index in [9.17, 15) is 4.79 Å². The Bertz CT molecular complexity index is 645. The van der Waals surface area contributed by atoms with Crippen LogP contribution in [-0.2, 0) is 0 Å². The summed E-state index contributed by atoms with van der Waals surface area (Å²) in [6.45, 7) is 1.63. The first kappa shape index (κ1) is 10.9. The third-order valence-electron chi connectivity index (χ3n) is 2.96. The van der Waals surface area contributed by atoms with Crippen molar-refractivity contribution in [3.63, 3.8) is 0 Å². The molecule has 0 amide bonds. The SMILES string of the molecule is O=C(O)c1cc2[nH]cnc2c(C2=CCCNC2)n1. The van der Waals surface area contributed by atoms with Crippen LogP contribution in [0.3, 0.4) is 0 Å². The van der Waals surface area contributed by atoms with Crippen molar-refractivity contribution in [1.82, 2.24) is 20.3 Å². The summed E-state index contributed by atoms with van der Waals surface area (Å²) in [6, 6.07) is 1.50. The molecule has 6 heteroatoms. The molecule has 6 nitrogen and oxygen atoms in total. The molecule has 18 heavy (non-hydrogen) atoms. The van der Waals surface area contributed by atoms with Gasteiger partial charge < -0.3 is 15.4 Å². The van der Waals surface area contributed by atoms with Gasteiger partial charge in [-0.1, -0.05) is 6.08 Å². The molecule has 0 aromatic carbocycles. The number of aromatic carboxylic acids is 1. The van der Waals surface area contributed by atoms with E-state index in [1.54, 1.807) is 6.33 Å². The van der Waals surface area contributed by atoms with E-state index in [4.69, 9.17) is 5.11 Å². The van der Waals surface area contributed by atoms with Crippen LogP contribution in [0.15, 0.2) is 18.5 Å². The number of aromatic nitrogens is 3. The summed E-state index contributed by atoms with van der Waals surface area (Å²) in [7, 11) is 0. The number of imidazole rings is 1. The van der Waals surface area contributed by atoms with E-state index in [-0.39, 0.29) is 5.69 Å². The van der Waals surface area contributed by atoms with E-state index < -0.39 is 5.97 Å². The lowest BCUT2D eigenvalue weighted by Gasteiger charge is -2.14. The predicted octanol–water partition coefficient (Wildman–Crippen LogP) is 1.03. The first-order valence-electron chi connectivity index (χ1n) is 5.73. The Morgan fingerprint density at radius 1 is 1.44 bits per heavy atom. The lowest BCUT2D eigenvalue weighted by atomic mass is 10.1. The molecule has 1 aliphatic heterocycles. The Balaban J connectivity index is 2.22. The molecule has 3 heterocycles. The molecule has 0 bridgehead atoms. The summed E-state index contributed by atoms with van der Waals surface area (Å²) < 4.78 is 0. The van der Waals surface area contributed by atoms with E-state index in [0.29, 0.717) is 17.8 Å². The number of aromatic amines is 1. The summed E-state index contributed by atoms with van der Waals surface area (Å²) in [6.07, 6.45) is 4.55. The van der Waals surface area contributed by atoms with Crippen molar-refractivity contribution in [1.29, 1.82) is 0 Å². The number of nitrogens with zero attached hydrogens (tertiary/aromatic N) is 2. The minimum Gasteiger partial charge on any atom is -0.477 e. The molecule has 0 fully saturated rings. The number of fused-ring (bicyclic) bond motifs is 1. The first-order chi connectivity index (χ1) is 8.75. The maximum Gasteiger partial charge on any atom is 0.354 e. The normalized spacial score (nSPS) is 15.7. The minimum absolute atomic E-state index is 0.0354. The van der Waals surface area contributed by atoms with Crippen molar-refractivity contribution in [3.05, 3.63) is 29.9 Å². The summed E-state index contributed by atoms with van der Waals surface area (Å²) in [5.74, 6) is -1.03. The fraction of sp³-hybridized carbons (Fsp3) is 0.250. The number of carbonyl (C=O) groups is 1. The highest BCUT2D eigenvalue weighted by atomic mass is 16.4. The monoisotopic (exact) mass is 244 g/mol. The van der Waals surface area contributed by atoms with Crippen LogP contribution in [0.1, 0.15) is 22.6 Å². The van der Waals surface area contributed by atoms with Crippen molar-refractivity contribution < 1.29 is 9.90 Å². The Morgan fingerprint density at radius 2 is 2.33 bits per heavy atom. The van der Waals surface area contributed by atoms with Gasteiger partial charge in [-0.25, -0.2) is 14.8 Å². The highest BCUT2D eigenvalue weighted by Gasteiger charge is 2.16. The van der Waals surface area contributed by atoms with E-state index in [1.165, 1.54) is 6.07 Å². The predicted molar refractivity (Wildman–Crippen MR) is 66.3 cm³/mol. The van der Waals surface area contributed by atoms with E-state index in [2.05, 4.69) is 26.3 Å². The second-order valence-electron chi connectivity index (χ2n) is 4.15. The third-order valence-corrected chi connectivity index (χ3v) is 2.96. The molecule has 2 aromatic rings. The van der Waals surface area contributed by atoms with Crippen LogP contribution in [0.2, 0.25) is 0 Å². The van der Waals surface area contributed by atoms with Crippen LogP contribution in [0.4, 0.5) is 0 Å². The van der Waals surface area contributed by atoms with Crippen LogP contribution < -0.4 is 5.32 Å². The fourth-order valence-corrected chi connectivity index (χ4v) is 2.10. The number of carboxylic acid groups (broad SMARTS) is 1. The molecule has 0 spiro atoms. The van der Waals surface area contributed by atoms with Gasteiger partial charge >= 0.3 is 5.97 Å². The molecular weight excluding hydrogens is 232 g/mol. The van der Waals surface area contributed by atoms with Crippen LogP contribution in [0.5, 0.6) is 0 Å². The molecule has 3 N–H and O–H groups in total. The highest BCUT2D eigenvalue weighted by molar-refractivity contribution is 5.94. The van der Waals surface area contributed by atoms with Gasteiger partial charge in [0.2, 0.25) is 0 Å². The molecule has 2 aromatic heterocycles. The highest BCUT2D eigenvalue weighted by Crippen LogP contribution is 2.23. The lowest BCUT2D eigenvalue weighted by Crippen LogP contribution is -2.22. The maximum atomic E-state index is 11.1. The van der Waals surface area contributed by atoms with E-state index >= 15 is 0 Å². The quantitative estimate of drug-likeness (QED) is 0.734. The second-order valence-corrected chi connectivity index (χ2v) is 4.15. The summed E-state index contributed by atoms with van der Waals surface area (Å²) in [5, 5.41) is 12.3. The maximum absolute atomic E-state index is 11.1. The average molecular weight is 244 g/mol. The summed E-state index contributed by atoms with van der Waals surface area (Å²) >= 11 is 0. The minimum atomic E-state index is -1.03. The number of hydrogen-bond acceptors (Lipinski definition) is 4. The number of H-pyrrole nitrogens is 1. The van der Waals surface area contributed by atoms with E-state index in [1.807, 2.05) is 0 Å². The molecule has 0 atom stereocenters. The van der Waals surface area contributed by atoms with Crippen molar-refractivity contribution >= 4 is 22.6 Å². The Morgan fingerprint density at radius 3 is 3.06 bits per heavy atom. The Kier molecular flexibility index (Phi) is 2.56. The molecule has 0 radical (unpaired) electrons. The molecule has 0 saturated carbocycles. The van der Waals surface area contributed by atoms with Crippen LogP contribution in [0, 0.1) is 0 Å². The number of pyridine rings is 1. The van der Waals surface area contributed by atoms with Gasteiger partial charge in [0.15, 0.2) is 5.69 Å². The van der Waals surface area contributed by atoms with Gasteiger partial charge in [0.05, 0.1) is 17.5 Å². The standard InChI is InChI=1S/C12H12N4O2/c17-12(18)9-4-8-11(15-6-14-8)10(16-9)7-2-1-3-13-5-7/h2,4,6,13H,1,3,5H2,(H,14,15)(H,17,18). The Labute approximate surface area is 103 Å². The van der Waals surface area contributed by atoms with Crippen molar-refractivity contribution in [2.24, 2.45) is 0 Å². The molecular formula is C12H12N4O2. The number of rotatable bonds is 2. The van der Waals surface area contributed by atoms with Crippen LogP contribution >= 0.6 is 0 Å². The molecule has 0 aliphatic carbocycles. The van der Waals surface area contributed by atoms with Crippen molar-refractivity contribution in [2.45, 2.75) is 6.42 Å². The molecule has 1 aliphatic rings. The van der Waals surface area contributed by atoms with Crippen molar-refractivity contribution in [3.8, 4) is 0 Å². The van der Waals surface area contributed by atoms with Crippen LogP contribution in [-0.4, -0.2) is 39.1 Å². The number of carboxylic acids is 1. The molecule has 0 saturated heterocycles. The van der Waals surface area contributed by atoms with Crippen LogP contribution in [0.25, 0.3) is 16.6 Å². The zero-order valence-electron chi connectivity index (χ0n) is 9.60. The molecule has 92 valence electrons. The lowest BCUT2D eigenvalue weighted by molar-refractivity contribution is 0.0690. The largest absolute Gasteiger partial charge is 0.477 e. The van der Waals surface area contributed by atoms with Gasteiger partial charge in [-0.15, -0.1) is 0 Å². The second kappa shape index (κ2) is 4.23. The van der Waals surface area contributed by atoms with E-state index in [0.717, 1.165) is 24.1 Å². The van der Waals surface area contributed by atoms with Gasteiger partial charge in [0.1, 0.15) is 5.52 Å². The van der Waals surface area contributed by atoms with Gasteiger partial charge in [0.25, 0.3) is 0 Å². The zero-order chi connectivity index (χ0) is 12.5. The van der Waals surface area contributed by atoms with Gasteiger partial charge in [-0.05, 0) is 24.6 Å². The van der Waals surface area contributed by atoms with Gasteiger partial charge in [-0.2, -0.15) is 0 Å². The zero-order valence-corrected chi connectivity index (χ0v) is 9.60. The smallest absolute Gasteiger partial charge is 0.354 e. The topological polar surface area (TPSA) is 90.9 Å².